The number of nitrogens with one attached hydrogen (secondary N) is 1. The fourth-order valence-electron chi connectivity index (χ4n) is 3.37. The van der Waals surface area contributed by atoms with Gasteiger partial charge in [-0.15, -0.1) is 0 Å². The minimum absolute atomic E-state index is 0.189. The Labute approximate surface area is 129 Å². The van der Waals surface area contributed by atoms with E-state index in [1.165, 1.54) is 0 Å². The number of nitrogens with zero attached hydrogens (tertiary/aromatic N) is 4. The van der Waals surface area contributed by atoms with Crippen LogP contribution in [0.3, 0.4) is 0 Å². The van der Waals surface area contributed by atoms with Gasteiger partial charge in [-0.3, -0.25) is 4.79 Å². The predicted molar refractivity (Wildman–Crippen MR) is 83.4 cm³/mol. The molecule has 1 aromatic heterocycles. The van der Waals surface area contributed by atoms with Crippen molar-refractivity contribution in [3.05, 3.63) is 24.3 Å². The van der Waals surface area contributed by atoms with Crippen LogP contribution in [0, 0.1) is 5.41 Å². The van der Waals surface area contributed by atoms with Gasteiger partial charge in [0.2, 0.25) is 5.91 Å². The maximum absolute atomic E-state index is 12.5. The number of carbonyl (C=O) groups excluding carboxylic acids is 1. The maximum Gasteiger partial charge on any atom is 0.231 e. The summed E-state index contributed by atoms with van der Waals surface area (Å²) in [6.45, 7) is 5.27. The van der Waals surface area contributed by atoms with Gasteiger partial charge in [0.1, 0.15) is 11.0 Å². The summed E-state index contributed by atoms with van der Waals surface area (Å²) in [4.78, 5) is 16.4. The van der Waals surface area contributed by atoms with Gasteiger partial charge in [0.15, 0.2) is 0 Å². The van der Waals surface area contributed by atoms with E-state index in [-0.39, 0.29) is 5.41 Å². The van der Waals surface area contributed by atoms with E-state index in [9.17, 15) is 4.79 Å². The van der Waals surface area contributed by atoms with E-state index in [0.717, 1.165) is 50.1 Å². The van der Waals surface area contributed by atoms with Gasteiger partial charge in [-0.1, -0.05) is 12.1 Å². The second-order valence-electron chi connectivity index (χ2n) is 6.70. The van der Waals surface area contributed by atoms with Crippen molar-refractivity contribution in [1.29, 1.82) is 0 Å². The van der Waals surface area contributed by atoms with Crippen molar-refractivity contribution in [2.24, 2.45) is 5.41 Å². The number of hydrogen-bond donors (Lipinski definition) is 1. The Kier molecular flexibility index (Phi) is 3.14. The highest BCUT2D eigenvalue weighted by atomic mass is 16.2. The fourth-order valence-corrected chi connectivity index (χ4v) is 3.37. The lowest BCUT2D eigenvalue weighted by Gasteiger charge is -2.43. The van der Waals surface area contributed by atoms with Crippen molar-refractivity contribution in [1.82, 2.24) is 25.2 Å². The number of rotatable bonds is 2. The summed E-state index contributed by atoms with van der Waals surface area (Å²) in [5, 5.41) is 12.3. The van der Waals surface area contributed by atoms with E-state index in [1.807, 2.05) is 34.0 Å². The number of carbonyl (C=O) groups is 1. The van der Waals surface area contributed by atoms with Gasteiger partial charge in [0.25, 0.3) is 0 Å². The van der Waals surface area contributed by atoms with Crippen molar-refractivity contribution < 1.29 is 4.79 Å². The van der Waals surface area contributed by atoms with Crippen molar-refractivity contribution in [2.45, 2.75) is 25.8 Å². The SMILES string of the molecule is CC1(C(=O)N2CCC(n3nc4ccccc4n3)CC2)CNC1. The van der Waals surface area contributed by atoms with Crippen LogP contribution >= 0.6 is 0 Å². The zero-order valence-corrected chi connectivity index (χ0v) is 12.8. The lowest BCUT2D eigenvalue weighted by Crippen LogP contribution is -2.61. The minimum atomic E-state index is -0.189. The summed E-state index contributed by atoms with van der Waals surface area (Å²) < 4.78 is 0. The molecule has 0 radical (unpaired) electrons. The molecule has 1 N–H and O–H groups in total. The van der Waals surface area contributed by atoms with Crippen molar-refractivity contribution in [3.63, 3.8) is 0 Å². The number of benzene rings is 1. The van der Waals surface area contributed by atoms with Gasteiger partial charge in [0.05, 0.1) is 11.5 Å². The minimum Gasteiger partial charge on any atom is -0.342 e. The molecule has 0 saturated carbocycles. The molecule has 0 atom stereocenters. The Morgan fingerprint density at radius 1 is 1.18 bits per heavy atom. The van der Waals surface area contributed by atoms with E-state index < -0.39 is 0 Å². The number of likely N-dealkylation sites (tertiary alicyclic amines) is 1. The normalized spacial score (nSPS) is 21.8. The first-order valence-corrected chi connectivity index (χ1v) is 7.97. The van der Waals surface area contributed by atoms with Crippen LogP contribution < -0.4 is 5.32 Å². The van der Waals surface area contributed by atoms with E-state index in [4.69, 9.17) is 0 Å². The smallest absolute Gasteiger partial charge is 0.231 e. The molecule has 1 amide bonds. The largest absolute Gasteiger partial charge is 0.342 e. The predicted octanol–water partition coefficient (Wildman–Crippen LogP) is 1.20. The van der Waals surface area contributed by atoms with E-state index in [1.54, 1.807) is 0 Å². The summed E-state index contributed by atoms with van der Waals surface area (Å²) in [5.74, 6) is 0.295. The number of aromatic nitrogens is 3. The third-order valence-electron chi connectivity index (χ3n) is 4.93. The Balaban J connectivity index is 1.44. The summed E-state index contributed by atoms with van der Waals surface area (Å²) >= 11 is 0. The first-order valence-electron chi connectivity index (χ1n) is 7.97. The highest BCUT2D eigenvalue weighted by molar-refractivity contribution is 5.84. The van der Waals surface area contributed by atoms with Gasteiger partial charge in [0, 0.05) is 26.2 Å². The molecule has 3 heterocycles. The first kappa shape index (κ1) is 13.7. The topological polar surface area (TPSA) is 63.1 Å². The van der Waals surface area contributed by atoms with Crippen molar-refractivity contribution >= 4 is 16.9 Å². The molecule has 2 aromatic rings. The van der Waals surface area contributed by atoms with Crippen molar-refractivity contribution in [2.75, 3.05) is 26.2 Å². The van der Waals surface area contributed by atoms with Crippen LogP contribution in [0.4, 0.5) is 0 Å². The van der Waals surface area contributed by atoms with Crippen LogP contribution in [-0.4, -0.2) is 52.0 Å². The molecule has 6 heteroatoms. The maximum atomic E-state index is 12.5. The van der Waals surface area contributed by atoms with Gasteiger partial charge in [-0.2, -0.15) is 15.0 Å². The molecule has 0 bridgehead atoms. The number of piperidine rings is 1. The Hall–Kier alpha value is -1.95. The molecule has 6 nitrogen and oxygen atoms in total. The molecule has 2 saturated heterocycles. The molecule has 0 aliphatic carbocycles. The van der Waals surface area contributed by atoms with Crippen LogP contribution in [0.15, 0.2) is 24.3 Å². The van der Waals surface area contributed by atoms with Crippen molar-refractivity contribution in [3.8, 4) is 0 Å². The molecule has 4 rings (SSSR count). The summed E-state index contributed by atoms with van der Waals surface area (Å²) in [7, 11) is 0. The molecule has 116 valence electrons. The van der Waals surface area contributed by atoms with Crippen LogP contribution in [0.2, 0.25) is 0 Å². The van der Waals surface area contributed by atoms with E-state index >= 15 is 0 Å². The molecule has 2 aliphatic heterocycles. The quantitative estimate of drug-likeness (QED) is 0.905. The Bertz CT molecular complexity index is 664. The van der Waals surface area contributed by atoms with E-state index in [0.29, 0.717) is 11.9 Å². The fraction of sp³-hybridized carbons (Fsp3) is 0.562. The number of amides is 1. The molecular formula is C16H21N5O. The summed E-state index contributed by atoms with van der Waals surface area (Å²) in [6, 6.07) is 8.24. The summed E-state index contributed by atoms with van der Waals surface area (Å²) in [6.07, 6.45) is 1.85. The average molecular weight is 299 g/mol. The van der Waals surface area contributed by atoms with Gasteiger partial charge < -0.3 is 10.2 Å². The zero-order chi connectivity index (χ0) is 15.2. The second kappa shape index (κ2) is 5.05. The molecule has 0 spiro atoms. The molecule has 0 unspecified atom stereocenters. The van der Waals surface area contributed by atoms with Gasteiger partial charge in [-0.25, -0.2) is 0 Å². The summed E-state index contributed by atoms with van der Waals surface area (Å²) in [5.41, 5.74) is 1.69. The molecule has 2 aliphatic rings. The molecule has 1 aromatic carbocycles. The lowest BCUT2D eigenvalue weighted by atomic mass is 9.82. The van der Waals surface area contributed by atoms with Gasteiger partial charge >= 0.3 is 0 Å². The number of fused-ring (bicyclic) bond motifs is 1. The first-order chi connectivity index (χ1) is 10.7. The van der Waals surface area contributed by atoms with Crippen LogP contribution in [0.25, 0.3) is 11.0 Å². The average Bonchev–Trinajstić information content (AvgIpc) is 2.96. The number of hydrogen-bond acceptors (Lipinski definition) is 4. The molecule has 22 heavy (non-hydrogen) atoms. The van der Waals surface area contributed by atoms with Crippen LogP contribution in [0.5, 0.6) is 0 Å². The van der Waals surface area contributed by atoms with Crippen LogP contribution in [-0.2, 0) is 4.79 Å². The Morgan fingerprint density at radius 2 is 1.77 bits per heavy atom. The van der Waals surface area contributed by atoms with Gasteiger partial charge in [-0.05, 0) is 31.9 Å². The van der Waals surface area contributed by atoms with E-state index in [2.05, 4.69) is 22.4 Å². The third-order valence-corrected chi connectivity index (χ3v) is 4.93. The molecular weight excluding hydrogens is 278 g/mol. The highest BCUT2D eigenvalue weighted by Gasteiger charge is 2.42. The second-order valence-corrected chi connectivity index (χ2v) is 6.70. The highest BCUT2D eigenvalue weighted by Crippen LogP contribution is 2.29. The van der Waals surface area contributed by atoms with Crippen LogP contribution in [0.1, 0.15) is 25.8 Å². The zero-order valence-electron chi connectivity index (χ0n) is 12.8. The molecule has 2 fully saturated rings. The standard InChI is InChI=1S/C16H21N5O/c1-16(10-17-11-16)15(22)20-8-6-12(7-9-20)21-18-13-4-2-3-5-14(13)19-21/h2-5,12,17H,6-11H2,1H3. The monoisotopic (exact) mass is 299 g/mol. The third kappa shape index (κ3) is 2.18. The Morgan fingerprint density at radius 3 is 2.27 bits per heavy atom. The lowest BCUT2D eigenvalue weighted by molar-refractivity contribution is -0.145.